The molecule has 0 bridgehead atoms. The summed E-state index contributed by atoms with van der Waals surface area (Å²) >= 11 is 0. The van der Waals surface area contributed by atoms with Crippen molar-refractivity contribution < 1.29 is 14.3 Å². The average molecular weight is 383 g/mol. The van der Waals surface area contributed by atoms with E-state index in [1.54, 1.807) is 29.7 Å². The Labute approximate surface area is 164 Å². The molecule has 28 heavy (non-hydrogen) atoms. The Morgan fingerprint density at radius 1 is 1.07 bits per heavy atom. The van der Waals surface area contributed by atoms with E-state index in [0.29, 0.717) is 50.1 Å². The Hall–Kier alpha value is -3.16. The van der Waals surface area contributed by atoms with Gasteiger partial charge in [0.25, 0.3) is 5.91 Å². The number of benzene rings is 1. The Morgan fingerprint density at radius 2 is 1.71 bits per heavy atom. The topological polar surface area (TPSA) is 87.7 Å². The lowest BCUT2D eigenvalue weighted by molar-refractivity contribution is -0.130. The van der Waals surface area contributed by atoms with E-state index in [0.717, 1.165) is 11.4 Å². The fourth-order valence-electron chi connectivity index (χ4n) is 3.08. The van der Waals surface area contributed by atoms with E-state index >= 15 is 0 Å². The van der Waals surface area contributed by atoms with Crippen LogP contribution in [0.2, 0.25) is 0 Å². The fraction of sp³-hybridized carbons (Fsp3) is 0.400. The molecule has 3 rings (SSSR count). The zero-order valence-corrected chi connectivity index (χ0v) is 16.4. The Morgan fingerprint density at radius 3 is 2.32 bits per heavy atom. The molecule has 0 aliphatic carbocycles. The maximum atomic E-state index is 12.8. The van der Waals surface area contributed by atoms with Crippen molar-refractivity contribution in [2.24, 2.45) is 0 Å². The first-order valence-corrected chi connectivity index (χ1v) is 9.36. The van der Waals surface area contributed by atoms with Crippen molar-refractivity contribution in [2.45, 2.75) is 20.8 Å². The first-order valence-electron chi connectivity index (χ1n) is 9.36. The molecule has 148 valence electrons. The lowest BCUT2D eigenvalue weighted by Crippen LogP contribution is -2.50. The van der Waals surface area contributed by atoms with Gasteiger partial charge in [-0.25, -0.2) is 9.97 Å². The fourth-order valence-corrected chi connectivity index (χ4v) is 3.08. The van der Waals surface area contributed by atoms with Crippen molar-refractivity contribution in [1.82, 2.24) is 19.8 Å². The molecule has 1 fully saturated rings. The van der Waals surface area contributed by atoms with E-state index in [1.165, 1.54) is 0 Å². The average Bonchev–Trinajstić information content (AvgIpc) is 2.69. The van der Waals surface area contributed by atoms with Crippen molar-refractivity contribution in [3.8, 4) is 5.75 Å². The van der Waals surface area contributed by atoms with E-state index in [4.69, 9.17) is 4.74 Å². The van der Waals surface area contributed by atoms with E-state index in [2.05, 4.69) is 15.3 Å². The molecule has 1 N–H and O–H groups in total. The summed E-state index contributed by atoms with van der Waals surface area (Å²) < 4.78 is 5.44. The summed E-state index contributed by atoms with van der Waals surface area (Å²) in [5, 5.41) is 3.20. The predicted molar refractivity (Wildman–Crippen MR) is 106 cm³/mol. The van der Waals surface area contributed by atoms with Crippen molar-refractivity contribution in [1.29, 1.82) is 0 Å². The largest absolute Gasteiger partial charge is 0.494 e. The number of ether oxygens (including phenoxy) is 1. The van der Waals surface area contributed by atoms with Gasteiger partial charge in [-0.15, -0.1) is 0 Å². The van der Waals surface area contributed by atoms with Crippen LogP contribution in [0, 0.1) is 6.92 Å². The summed E-state index contributed by atoms with van der Waals surface area (Å²) in [5.74, 6) is 1.76. The second-order valence-corrected chi connectivity index (χ2v) is 6.57. The molecule has 1 saturated heterocycles. The zero-order chi connectivity index (χ0) is 20.1. The number of aryl methyl sites for hydroxylation is 1. The minimum atomic E-state index is -0.150. The van der Waals surface area contributed by atoms with Crippen LogP contribution in [-0.4, -0.2) is 64.4 Å². The highest BCUT2D eigenvalue weighted by Crippen LogP contribution is 2.20. The Balaban J connectivity index is 1.70. The summed E-state index contributed by atoms with van der Waals surface area (Å²) in [6, 6.07) is 9.19. The molecule has 0 radical (unpaired) electrons. The molecule has 1 aliphatic heterocycles. The maximum absolute atomic E-state index is 12.8. The second kappa shape index (κ2) is 8.69. The van der Waals surface area contributed by atoms with Crippen LogP contribution in [0.15, 0.2) is 30.3 Å². The van der Waals surface area contributed by atoms with Gasteiger partial charge in [0.2, 0.25) is 5.91 Å². The highest BCUT2D eigenvalue weighted by Gasteiger charge is 2.24. The number of amides is 2. The number of rotatable bonds is 5. The van der Waals surface area contributed by atoms with Crippen LogP contribution >= 0.6 is 0 Å². The van der Waals surface area contributed by atoms with Crippen molar-refractivity contribution in [3.63, 3.8) is 0 Å². The molecule has 1 aromatic heterocycles. The van der Waals surface area contributed by atoms with Gasteiger partial charge in [0.15, 0.2) is 0 Å². The molecule has 1 aliphatic rings. The van der Waals surface area contributed by atoms with E-state index in [-0.39, 0.29) is 11.8 Å². The summed E-state index contributed by atoms with van der Waals surface area (Å²) in [4.78, 5) is 36.4. The van der Waals surface area contributed by atoms with Gasteiger partial charge in [-0.3, -0.25) is 9.59 Å². The molecule has 8 nitrogen and oxygen atoms in total. The van der Waals surface area contributed by atoms with Crippen LogP contribution in [0.4, 0.5) is 11.5 Å². The number of carbonyl (C=O) groups is 2. The summed E-state index contributed by atoms with van der Waals surface area (Å²) in [7, 11) is 0. The van der Waals surface area contributed by atoms with Crippen molar-refractivity contribution in [2.75, 3.05) is 38.1 Å². The van der Waals surface area contributed by atoms with Gasteiger partial charge in [-0.1, -0.05) is 0 Å². The second-order valence-electron chi connectivity index (χ2n) is 6.57. The molecule has 2 aromatic rings. The van der Waals surface area contributed by atoms with Crippen molar-refractivity contribution >= 4 is 23.3 Å². The minimum absolute atomic E-state index is 0.0341. The Kier molecular flexibility index (Phi) is 6.08. The van der Waals surface area contributed by atoms with Crippen LogP contribution in [0.5, 0.6) is 5.75 Å². The number of carbonyl (C=O) groups excluding carboxylic acids is 2. The van der Waals surface area contributed by atoms with Gasteiger partial charge >= 0.3 is 0 Å². The van der Waals surface area contributed by atoms with E-state index in [9.17, 15) is 9.59 Å². The lowest BCUT2D eigenvalue weighted by atomic mass is 10.2. The number of aromatic nitrogens is 2. The third kappa shape index (κ3) is 4.76. The van der Waals surface area contributed by atoms with Crippen LogP contribution in [0.25, 0.3) is 0 Å². The van der Waals surface area contributed by atoms with Gasteiger partial charge in [0.1, 0.15) is 23.1 Å². The number of piperazine rings is 1. The molecule has 2 heterocycles. The highest BCUT2D eigenvalue weighted by atomic mass is 16.5. The maximum Gasteiger partial charge on any atom is 0.272 e. The van der Waals surface area contributed by atoms with Crippen LogP contribution in [0.3, 0.4) is 0 Å². The molecule has 0 spiro atoms. The smallest absolute Gasteiger partial charge is 0.272 e. The first kappa shape index (κ1) is 19.6. The predicted octanol–water partition coefficient (Wildman–Crippen LogP) is 2.23. The van der Waals surface area contributed by atoms with E-state index in [1.807, 2.05) is 31.2 Å². The van der Waals surface area contributed by atoms with Gasteiger partial charge in [0.05, 0.1) is 6.61 Å². The van der Waals surface area contributed by atoms with Crippen molar-refractivity contribution in [3.05, 3.63) is 41.9 Å². The summed E-state index contributed by atoms with van der Waals surface area (Å²) in [6.07, 6.45) is 0. The van der Waals surface area contributed by atoms with Gasteiger partial charge < -0.3 is 19.9 Å². The molecule has 0 atom stereocenters. The van der Waals surface area contributed by atoms with Crippen LogP contribution < -0.4 is 10.1 Å². The SMILES string of the molecule is CCOc1ccc(Nc2cc(C(=O)N3CCN(C(C)=O)CC3)nc(C)n2)cc1. The molecule has 0 unspecified atom stereocenters. The number of nitrogens with one attached hydrogen (secondary N) is 1. The minimum Gasteiger partial charge on any atom is -0.494 e. The number of anilines is 2. The molecule has 2 amide bonds. The monoisotopic (exact) mass is 383 g/mol. The third-order valence-electron chi connectivity index (χ3n) is 4.51. The normalized spacial score (nSPS) is 14.0. The highest BCUT2D eigenvalue weighted by molar-refractivity contribution is 5.93. The number of nitrogens with zero attached hydrogens (tertiary/aromatic N) is 4. The number of hydrogen-bond donors (Lipinski definition) is 1. The van der Waals surface area contributed by atoms with E-state index < -0.39 is 0 Å². The van der Waals surface area contributed by atoms with Gasteiger partial charge in [-0.2, -0.15) is 0 Å². The molecular weight excluding hydrogens is 358 g/mol. The molecular formula is C20H25N5O3. The van der Waals surface area contributed by atoms with Crippen LogP contribution in [0.1, 0.15) is 30.2 Å². The third-order valence-corrected chi connectivity index (χ3v) is 4.51. The molecule has 1 aromatic carbocycles. The standard InChI is InChI=1S/C20H25N5O3/c1-4-28-17-7-5-16(6-8-17)23-19-13-18(21-14(2)22-19)20(27)25-11-9-24(10-12-25)15(3)26/h5-8,13H,4,9-12H2,1-3H3,(H,21,22,23). The van der Waals surface area contributed by atoms with Gasteiger partial charge in [-0.05, 0) is 38.1 Å². The number of hydrogen-bond acceptors (Lipinski definition) is 6. The lowest BCUT2D eigenvalue weighted by Gasteiger charge is -2.34. The van der Waals surface area contributed by atoms with Gasteiger partial charge in [0, 0.05) is 44.9 Å². The molecule has 8 heteroatoms. The quantitative estimate of drug-likeness (QED) is 0.852. The zero-order valence-electron chi connectivity index (χ0n) is 16.4. The molecule has 0 saturated carbocycles. The van der Waals surface area contributed by atoms with Crippen LogP contribution in [-0.2, 0) is 4.79 Å². The summed E-state index contributed by atoms with van der Waals surface area (Å²) in [6.45, 7) is 7.95. The summed E-state index contributed by atoms with van der Waals surface area (Å²) in [5.41, 5.74) is 1.19. The first-order chi connectivity index (χ1) is 13.5. The Bertz CT molecular complexity index is 845.